The third-order valence-electron chi connectivity index (χ3n) is 3.04. The van der Waals surface area contributed by atoms with Gasteiger partial charge in [-0.2, -0.15) is 0 Å². The van der Waals surface area contributed by atoms with Crippen LogP contribution in [-0.4, -0.2) is 20.2 Å². The molecule has 0 aliphatic rings. The number of nitrogens with one attached hydrogen (secondary N) is 1. The van der Waals surface area contributed by atoms with Gasteiger partial charge >= 0.3 is 0 Å². The Hall–Kier alpha value is -0.230. The average molecular weight is 362 g/mol. The second-order valence-corrected chi connectivity index (χ2v) is 9.26. The van der Waals surface area contributed by atoms with E-state index >= 15 is 0 Å². The number of hydrogen-bond donors (Lipinski definition) is 2. The zero-order valence-corrected chi connectivity index (χ0v) is 15.1. The molecule has 0 saturated heterocycles. The fraction of sp³-hybridized carbons (Fsp3) is 0.600. The first kappa shape index (κ1) is 17.8. The highest BCUT2D eigenvalue weighted by molar-refractivity contribution is 9.10. The molecule has 0 aliphatic heterocycles. The van der Waals surface area contributed by atoms with Crippen molar-refractivity contribution in [1.82, 2.24) is 4.72 Å². The molecular weight excluding hydrogens is 338 g/mol. The minimum absolute atomic E-state index is 0.355. The molecular formula is C15H24BrNO2S. The predicted octanol–water partition coefficient (Wildman–Crippen LogP) is 3.49. The van der Waals surface area contributed by atoms with E-state index in [1.165, 1.54) is 0 Å². The average Bonchev–Trinajstić information content (AvgIpc) is 2.26. The first-order chi connectivity index (χ1) is 9.04. The molecule has 1 rings (SSSR count). The molecule has 0 spiro atoms. The lowest BCUT2D eigenvalue weighted by molar-refractivity contribution is 0.148. The van der Waals surface area contributed by atoms with Crippen LogP contribution in [0.1, 0.15) is 46.6 Å². The lowest BCUT2D eigenvalue weighted by atomic mass is 9.88. The Morgan fingerprint density at radius 1 is 1.35 bits per heavy atom. The Kier molecular flexibility index (Phi) is 5.96. The van der Waals surface area contributed by atoms with Gasteiger partial charge in [0.1, 0.15) is 0 Å². The fourth-order valence-electron chi connectivity index (χ4n) is 2.00. The van der Waals surface area contributed by atoms with Gasteiger partial charge in [-0.15, -0.1) is 0 Å². The SMILES string of the molecule is C[C@H](O)C[C@@](C)(NS(=O)C(C)(C)C)c1cccc(Br)c1. The van der Waals surface area contributed by atoms with Crippen molar-refractivity contribution in [3.8, 4) is 0 Å². The smallest absolute Gasteiger partial charge is 0.0978 e. The normalized spacial score (nSPS) is 18.4. The maximum atomic E-state index is 12.4. The third kappa shape index (κ3) is 4.95. The van der Waals surface area contributed by atoms with Gasteiger partial charge in [0.05, 0.1) is 27.4 Å². The third-order valence-corrected chi connectivity index (χ3v) is 5.28. The molecule has 20 heavy (non-hydrogen) atoms. The van der Waals surface area contributed by atoms with E-state index in [1.807, 2.05) is 52.0 Å². The van der Waals surface area contributed by atoms with Gasteiger partial charge < -0.3 is 5.11 Å². The van der Waals surface area contributed by atoms with Crippen LogP contribution in [0.3, 0.4) is 0 Å². The van der Waals surface area contributed by atoms with Crippen molar-refractivity contribution in [1.29, 1.82) is 0 Å². The largest absolute Gasteiger partial charge is 0.393 e. The predicted molar refractivity (Wildman–Crippen MR) is 88.8 cm³/mol. The lowest BCUT2D eigenvalue weighted by Gasteiger charge is -2.35. The van der Waals surface area contributed by atoms with Gasteiger partial charge in [0, 0.05) is 4.47 Å². The van der Waals surface area contributed by atoms with Crippen LogP contribution in [-0.2, 0) is 16.5 Å². The van der Waals surface area contributed by atoms with Gasteiger partial charge in [-0.1, -0.05) is 28.1 Å². The van der Waals surface area contributed by atoms with Crippen LogP contribution in [0.25, 0.3) is 0 Å². The molecule has 0 heterocycles. The lowest BCUT2D eigenvalue weighted by Crippen LogP contribution is -2.47. The number of hydrogen-bond acceptors (Lipinski definition) is 2. The Morgan fingerprint density at radius 2 is 1.95 bits per heavy atom. The van der Waals surface area contributed by atoms with E-state index in [0.29, 0.717) is 6.42 Å². The van der Waals surface area contributed by atoms with Crippen molar-refractivity contribution in [2.45, 2.75) is 57.4 Å². The van der Waals surface area contributed by atoms with Crippen LogP contribution in [0.4, 0.5) is 0 Å². The quantitative estimate of drug-likeness (QED) is 0.843. The van der Waals surface area contributed by atoms with Crippen LogP contribution in [0.15, 0.2) is 28.7 Å². The van der Waals surface area contributed by atoms with Crippen molar-refractivity contribution >= 4 is 26.9 Å². The van der Waals surface area contributed by atoms with Gasteiger partial charge in [-0.3, -0.25) is 0 Å². The maximum absolute atomic E-state index is 12.4. The molecule has 0 aliphatic carbocycles. The zero-order valence-electron chi connectivity index (χ0n) is 12.7. The molecule has 0 bridgehead atoms. The van der Waals surface area contributed by atoms with Gasteiger partial charge in [-0.25, -0.2) is 8.93 Å². The van der Waals surface area contributed by atoms with Crippen LogP contribution >= 0.6 is 15.9 Å². The van der Waals surface area contributed by atoms with E-state index in [2.05, 4.69) is 20.7 Å². The number of aliphatic hydroxyl groups is 1. The molecule has 3 nitrogen and oxygen atoms in total. The van der Waals surface area contributed by atoms with E-state index in [9.17, 15) is 9.32 Å². The summed E-state index contributed by atoms with van der Waals surface area (Å²) in [5, 5.41) is 9.78. The van der Waals surface area contributed by atoms with Gasteiger partial charge in [-0.05, 0) is 58.7 Å². The summed E-state index contributed by atoms with van der Waals surface area (Å²) in [6.07, 6.45) is 0.00843. The summed E-state index contributed by atoms with van der Waals surface area (Å²) in [6, 6.07) is 7.88. The Labute approximate surface area is 132 Å². The van der Waals surface area contributed by atoms with Crippen LogP contribution in [0.5, 0.6) is 0 Å². The molecule has 5 heteroatoms. The van der Waals surface area contributed by atoms with Gasteiger partial charge in [0.2, 0.25) is 0 Å². The van der Waals surface area contributed by atoms with Crippen LogP contribution in [0.2, 0.25) is 0 Å². The summed E-state index contributed by atoms with van der Waals surface area (Å²) in [7, 11) is -1.21. The van der Waals surface area contributed by atoms with E-state index in [1.54, 1.807) is 6.92 Å². The zero-order chi connectivity index (χ0) is 15.6. The second kappa shape index (κ2) is 6.69. The first-order valence-electron chi connectivity index (χ1n) is 6.68. The Bertz CT molecular complexity index is 485. The maximum Gasteiger partial charge on any atom is 0.0978 e. The molecule has 114 valence electrons. The van der Waals surface area contributed by atoms with Crippen LogP contribution < -0.4 is 4.72 Å². The Balaban J connectivity index is 3.13. The van der Waals surface area contributed by atoms with Gasteiger partial charge in [0.25, 0.3) is 0 Å². The summed E-state index contributed by atoms with van der Waals surface area (Å²) >= 11 is 3.46. The summed E-state index contributed by atoms with van der Waals surface area (Å²) in [6.45, 7) is 9.52. The van der Waals surface area contributed by atoms with E-state index in [0.717, 1.165) is 10.0 Å². The van der Waals surface area contributed by atoms with Crippen molar-refractivity contribution in [2.24, 2.45) is 0 Å². The number of rotatable bonds is 5. The highest BCUT2D eigenvalue weighted by Gasteiger charge is 2.33. The molecule has 1 unspecified atom stereocenters. The molecule has 0 fully saturated rings. The highest BCUT2D eigenvalue weighted by Crippen LogP contribution is 2.30. The fourth-order valence-corrected chi connectivity index (χ4v) is 3.31. The molecule has 0 radical (unpaired) electrons. The molecule has 3 atom stereocenters. The van der Waals surface area contributed by atoms with Gasteiger partial charge in [0.15, 0.2) is 0 Å². The molecule has 1 aromatic carbocycles. The van der Waals surface area contributed by atoms with E-state index in [-0.39, 0.29) is 4.75 Å². The summed E-state index contributed by atoms with van der Waals surface area (Å²) in [5.74, 6) is 0. The van der Waals surface area contributed by atoms with Crippen molar-refractivity contribution in [2.75, 3.05) is 0 Å². The topological polar surface area (TPSA) is 49.3 Å². The standard InChI is InChI=1S/C15H24BrNO2S/c1-11(18)10-15(5,17-20(19)14(2,3)4)12-7-6-8-13(16)9-12/h6-9,11,17-18H,10H2,1-5H3/t11-,15+,20?/m0/s1. The second-order valence-electron chi connectivity index (χ2n) is 6.38. The van der Waals surface area contributed by atoms with Crippen LogP contribution in [0, 0.1) is 0 Å². The van der Waals surface area contributed by atoms with E-state index < -0.39 is 22.6 Å². The molecule has 0 saturated carbocycles. The summed E-state index contributed by atoms with van der Waals surface area (Å²) in [5.41, 5.74) is 0.459. The first-order valence-corrected chi connectivity index (χ1v) is 8.63. The summed E-state index contributed by atoms with van der Waals surface area (Å²) in [4.78, 5) is 0. The summed E-state index contributed by atoms with van der Waals surface area (Å²) < 4.78 is 16.2. The minimum Gasteiger partial charge on any atom is -0.393 e. The van der Waals surface area contributed by atoms with Crippen molar-refractivity contribution < 1.29 is 9.32 Å². The van der Waals surface area contributed by atoms with Crippen molar-refractivity contribution in [3.05, 3.63) is 34.3 Å². The van der Waals surface area contributed by atoms with Crippen molar-refractivity contribution in [3.63, 3.8) is 0 Å². The Morgan fingerprint density at radius 3 is 2.40 bits per heavy atom. The molecule has 2 N–H and O–H groups in total. The number of aliphatic hydroxyl groups excluding tert-OH is 1. The number of benzene rings is 1. The minimum atomic E-state index is -1.21. The molecule has 0 aromatic heterocycles. The number of halogens is 1. The molecule has 0 amide bonds. The molecule has 1 aromatic rings. The monoisotopic (exact) mass is 361 g/mol. The highest BCUT2D eigenvalue weighted by atomic mass is 79.9. The van der Waals surface area contributed by atoms with E-state index in [4.69, 9.17) is 0 Å².